The van der Waals surface area contributed by atoms with Gasteiger partial charge >= 0.3 is 0 Å². The van der Waals surface area contributed by atoms with E-state index in [2.05, 4.69) is 47.6 Å². The first-order valence-electron chi connectivity index (χ1n) is 5.92. The number of pyridine rings is 1. The summed E-state index contributed by atoms with van der Waals surface area (Å²) < 4.78 is 0. The Bertz CT molecular complexity index is 526. The molecule has 90 valence electrons. The van der Waals surface area contributed by atoms with E-state index in [0.717, 1.165) is 5.56 Å². The molecule has 2 aromatic rings. The van der Waals surface area contributed by atoms with Gasteiger partial charge in [-0.05, 0) is 35.7 Å². The molecule has 1 heterocycles. The lowest BCUT2D eigenvalue weighted by molar-refractivity contribution is 0.621. The van der Waals surface area contributed by atoms with E-state index in [-0.39, 0.29) is 6.04 Å². The number of aromatic nitrogens is 1. The van der Waals surface area contributed by atoms with Crippen LogP contribution in [-0.4, -0.2) is 11.5 Å². The van der Waals surface area contributed by atoms with Crippen molar-refractivity contribution in [1.29, 1.82) is 5.26 Å². The molecular formula is C15H15N3. The van der Waals surface area contributed by atoms with Crippen LogP contribution < -0.4 is 5.32 Å². The van der Waals surface area contributed by atoms with E-state index in [1.807, 2.05) is 12.1 Å². The molecule has 1 aromatic carbocycles. The van der Waals surface area contributed by atoms with Crippen molar-refractivity contribution in [1.82, 2.24) is 10.3 Å². The first-order valence-corrected chi connectivity index (χ1v) is 5.92. The zero-order valence-electron chi connectivity index (χ0n) is 10.3. The predicted octanol–water partition coefficient (Wildman–Crippen LogP) is 2.92. The van der Waals surface area contributed by atoms with Gasteiger partial charge in [-0.2, -0.15) is 5.26 Å². The van der Waals surface area contributed by atoms with Crippen LogP contribution in [0.4, 0.5) is 0 Å². The van der Waals surface area contributed by atoms with Crippen molar-refractivity contribution < 1.29 is 0 Å². The maximum Gasteiger partial charge on any atom is 0.0845 e. The minimum Gasteiger partial charge on any atom is -0.298 e. The first-order chi connectivity index (χ1) is 8.81. The van der Waals surface area contributed by atoms with Gasteiger partial charge in [0.15, 0.2) is 0 Å². The number of hydrogen-bond acceptors (Lipinski definition) is 3. The predicted molar refractivity (Wildman–Crippen MR) is 71.7 cm³/mol. The molecule has 0 aliphatic carbocycles. The Morgan fingerprint density at radius 2 is 1.72 bits per heavy atom. The van der Waals surface area contributed by atoms with Crippen LogP contribution >= 0.6 is 0 Å². The average Bonchev–Trinajstić information content (AvgIpc) is 2.46. The fourth-order valence-corrected chi connectivity index (χ4v) is 1.83. The Morgan fingerprint density at radius 3 is 2.33 bits per heavy atom. The maximum absolute atomic E-state index is 8.54. The molecule has 18 heavy (non-hydrogen) atoms. The lowest BCUT2D eigenvalue weighted by Gasteiger charge is -2.12. The second kappa shape index (κ2) is 5.95. The Morgan fingerprint density at radius 1 is 1.11 bits per heavy atom. The molecule has 0 saturated carbocycles. The molecule has 3 nitrogen and oxygen atoms in total. The molecule has 0 fully saturated rings. The number of rotatable bonds is 4. The van der Waals surface area contributed by atoms with Gasteiger partial charge in [0.05, 0.1) is 12.6 Å². The van der Waals surface area contributed by atoms with Crippen LogP contribution in [0.25, 0.3) is 11.1 Å². The standard InChI is InChI=1S/C15H15N3/c1-12(18-11-8-16)13-2-4-14(5-3-13)15-6-9-17-10-7-15/h2-7,9-10,12,18H,11H2,1H3. The molecule has 0 aliphatic heterocycles. The summed E-state index contributed by atoms with van der Waals surface area (Å²) in [5.74, 6) is 0. The van der Waals surface area contributed by atoms with E-state index in [0.29, 0.717) is 6.54 Å². The molecule has 1 atom stereocenters. The fraction of sp³-hybridized carbons (Fsp3) is 0.200. The van der Waals surface area contributed by atoms with Gasteiger partial charge in [0, 0.05) is 18.4 Å². The second-order valence-electron chi connectivity index (χ2n) is 4.12. The van der Waals surface area contributed by atoms with E-state index in [1.165, 1.54) is 11.1 Å². The third kappa shape index (κ3) is 2.93. The summed E-state index contributed by atoms with van der Waals surface area (Å²) >= 11 is 0. The largest absolute Gasteiger partial charge is 0.298 e. The lowest BCUT2D eigenvalue weighted by atomic mass is 10.0. The maximum atomic E-state index is 8.54. The van der Waals surface area contributed by atoms with Gasteiger partial charge in [0.2, 0.25) is 0 Å². The van der Waals surface area contributed by atoms with Crippen LogP contribution in [0.15, 0.2) is 48.8 Å². The number of hydrogen-bond donors (Lipinski definition) is 1. The summed E-state index contributed by atoms with van der Waals surface area (Å²) in [7, 11) is 0. The van der Waals surface area contributed by atoms with Crippen LogP contribution in [-0.2, 0) is 0 Å². The van der Waals surface area contributed by atoms with Gasteiger partial charge in [-0.1, -0.05) is 24.3 Å². The van der Waals surface area contributed by atoms with Crippen LogP contribution in [0.1, 0.15) is 18.5 Å². The smallest absolute Gasteiger partial charge is 0.0845 e. The van der Waals surface area contributed by atoms with Crippen molar-refractivity contribution in [2.24, 2.45) is 0 Å². The molecule has 0 amide bonds. The molecule has 1 aromatic heterocycles. The van der Waals surface area contributed by atoms with E-state index < -0.39 is 0 Å². The second-order valence-corrected chi connectivity index (χ2v) is 4.12. The van der Waals surface area contributed by atoms with E-state index >= 15 is 0 Å². The Labute approximate surface area is 107 Å². The summed E-state index contributed by atoms with van der Waals surface area (Å²) in [6.07, 6.45) is 3.58. The summed E-state index contributed by atoms with van der Waals surface area (Å²) in [4.78, 5) is 4.01. The summed E-state index contributed by atoms with van der Waals surface area (Å²) in [6, 6.07) is 14.6. The van der Waals surface area contributed by atoms with Gasteiger partial charge in [0.25, 0.3) is 0 Å². The van der Waals surface area contributed by atoms with Crippen molar-refractivity contribution in [2.45, 2.75) is 13.0 Å². The minimum absolute atomic E-state index is 0.191. The Hall–Kier alpha value is -2.18. The third-order valence-corrected chi connectivity index (χ3v) is 2.91. The highest BCUT2D eigenvalue weighted by atomic mass is 14.9. The molecular weight excluding hydrogens is 222 g/mol. The van der Waals surface area contributed by atoms with Crippen LogP contribution in [0.5, 0.6) is 0 Å². The monoisotopic (exact) mass is 237 g/mol. The number of benzene rings is 1. The first kappa shape index (κ1) is 12.3. The topological polar surface area (TPSA) is 48.7 Å². The number of nitrogens with zero attached hydrogens (tertiary/aromatic N) is 2. The highest BCUT2D eigenvalue weighted by Gasteiger charge is 2.04. The minimum atomic E-state index is 0.191. The zero-order valence-corrected chi connectivity index (χ0v) is 10.3. The van der Waals surface area contributed by atoms with Crippen molar-refractivity contribution in [2.75, 3.05) is 6.54 Å². The Balaban J connectivity index is 2.13. The van der Waals surface area contributed by atoms with Crippen LogP contribution in [0.3, 0.4) is 0 Å². The third-order valence-electron chi connectivity index (χ3n) is 2.91. The number of nitriles is 1. The van der Waals surface area contributed by atoms with Crippen molar-refractivity contribution in [3.05, 3.63) is 54.4 Å². The van der Waals surface area contributed by atoms with Crippen LogP contribution in [0.2, 0.25) is 0 Å². The van der Waals surface area contributed by atoms with Crippen molar-refractivity contribution in [3.8, 4) is 17.2 Å². The molecule has 1 N–H and O–H groups in total. The van der Waals surface area contributed by atoms with Gasteiger partial charge in [-0.25, -0.2) is 0 Å². The molecule has 0 spiro atoms. The lowest BCUT2D eigenvalue weighted by Crippen LogP contribution is -2.18. The van der Waals surface area contributed by atoms with E-state index in [1.54, 1.807) is 12.4 Å². The highest BCUT2D eigenvalue weighted by molar-refractivity contribution is 5.62. The highest BCUT2D eigenvalue weighted by Crippen LogP contribution is 2.21. The fourth-order valence-electron chi connectivity index (χ4n) is 1.83. The molecule has 2 rings (SSSR count). The van der Waals surface area contributed by atoms with Crippen molar-refractivity contribution in [3.63, 3.8) is 0 Å². The van der Waals surface area contributed by atoms with Gasteiger partial charge in [-0.3, -0.25) is 10.3 Å². The molecule has 0 radical (unpaired) electrons. The van der Waals surface area contributed by atoms with E-state index in [4.69, 9.17) is 5.26 Å². The van der Waals surface area contributed by atoms with Crippen molar-refractivity contribution >= 4 is 0 Å². The summed E-state index contributed by atoms with van der Waals surface area (Å²) in [5, 5.41) is 11.7. The summed E-state index contributed by atoms with van der Waals surface area (Å²) in [6.45, 7) is 2.42. The number of nitrogens with one attached hydrogen (secondary N) is 1. The molecule has 3 heteroatoms. The Kier molecular flexibility index (Phi) is 4.06. The van der Waals surface area contributed by atoms with E-state index in [9.17, 15) is 0 Å². The quantitative estimate of drug-likeness (QED) is 0.832. The molecule has 0 aliphatic rings. The summed E-state index contributed by atoms with van der Waals surface area (Å²) in [5.41, 5.74) is 3.52. The molecule has 0 saturated heterocycles. The SMILES string of the molecule is CC(NCC#N)c1ccc(-c2ccncc2)cc1. The van der Waals surface area contributed by atoms with Gasteiger partial charge in [-0.15, -0.1) is 0 Å². The van der Waals surface area contributed by atoms with Gasteiger partial charge in [0.1, 0.15) is 0 Å². The molecule has 1 unspecified atom stereocenters. The zero-order chi connectivity index (χ0) is 12.8. The normalized spacial score (nSPS) is 11.8. The van der Waals surface area contributed by atoms with Gasteiger partial charge < -0.3 is 0 Å². The molecule has 0 bridgehead atoms. The van der Waals surface area contributed by atoms with Crippen LogP contribution in [0, 0.1) is 11.3 Å². The average molecular weight is 237 g/mol.